The van der Waals surface area contributed by atoms with E-state index >= 15 is 0 Å². The summed E-state index contributed by atoms with van der Waals surface area (Å²) in [5, 5.41) is 7.82. The van der Waals surface area contributed by atoms with E-state index in [0.717, 1.165) is 13.0 Å². The molecular weight excluding hydrogens is 285 g/mol. The zero-order valence-electron chi connectivity index (χ0n) is 12.2. The summed E-state index contributed by atoms with van der Waals surface area (Å²) in [6, 6.07) is 10.1. The smallest absolute Gasteiger partial charge is 0.260 e. The number of hydrogen-bond donors (Lipinski definition) is 1. The maximum Gasteiger partial charge on any atom is 0.260 e. The van der Waals surface area contributed by atoms with E-state index < -0.39 is 0 Å². The highest BCUT2D eigenvalue weighted by atomic mass is 19.1. The van der Waals surface area contributed by atoms with Gasteiger partial charge in [0.2, 0.25) is 0 Å². The average Bonchev–Trinajstić information content (AvgIpc) is 2.95. The third-order valence-electron chi connectivity index (χ3n) is 3.30. The minimum absolute atomic E-state index is 0.334. The summed E-state index contributed by atoms with van der Waals surface area (Å²) in [5.74, 6) is 0.360. The van der Waals surface area contributed by atoms with Crippen LogP contribution in [0.4, 0.5) is 10.2 Å². The minimum Gasteiger partial charge on any atom is -0.385 e. The number of hydrogen-bond acceptors (Lipinski definition) is 5. The molecule has 2 aromatic heterocycles. The lowest BCUT2D eigenvalue weighted by Crippen LogP contribution is -2.05. The summed E-state index contributed by atoms with van der Waals surface area (Å²) in [7, 11) is 1.67. The van der Waals surface area contributed by atoms with Gasteiger partial charge in [-0.25, -0.2) is 4.39 Å². The molecule has 1 aromatic carbocycles. The largest absolute Gasteiger partial charge is 0.385 e. The quantitative estimate of drug-likeness (QED) is 0.706. The molecule has 0 spiro atoms. The lowest BCUT2D eigenvalue weighted by Gasteiger charge is -2.04. The van der Waals surface area contributed by atoms with E-state index in [9.17, 15) is 4.39 Å². The number of nitrogens with zero attached hydrogens (tertiary/aromatic N) is 2. The Hall–Kier alpha value is -2.47. The fourth-order valence-corrected chi connectivity index (χ4v) is 2.21. The highest BCUT2D eigenvalue weighted by Crippen LogP contribution is 2.29. The van der Waals surface area contributed by atoms with Gasteiger partial charge in [-0.2, -0.15) is 4.98 Å². The summed E-state index contributed by atoms with van der Waals surface area (Å²) < 4.78 is 24.1. The number of rotatable bonds is 6. The topological polar surface area (TPSA) is 60.2 Å². The molecule has 3 rings (SSSR count). The molecule has 0 aliphatic rings. The van der Waals surface area contributed by atoms with Crippen molar-refractivity contribution in [2.24, 2.45) is 0 Å². The summed E-state index contributed by atoms with van der Waals surface area (Å²) >= 11 is 0. The molecule has 0 aliphatic heterocycles. The number of ether oxygens (including phenoxy) is 1. The Labute approximate surface area is 127 Å². The molecule has 0 saturated heterocycles. The predicted octanol–water partition coefficient (Wildman–Crippen LogP) is 3.48. The van der Waals surface area contributed by atoms with E-state index in [2.05, 4.69) is 15.5 Å². The number of methoxy groups -OCH3 is 1. The third kappa shape index (κ3) is 2.92. The second-order valence-corrected chi connectivity index (χ2v) is 4.83. The standard InChI is InChI=1S/C16H16FN3O2/c1-21-10-4-9-18-14-8-7-12-15(20-22-16(12)19-14)11-5-2-3-6-13(11)17/h2-3,5-8H,4,9-10H2,1H3,(H,18,19). The molecule has 3 aromatic rings. The van der Waals surface area contributed by atoms with Gasteiger partial charge < -0.3 is 14.6 Å². The number of benzene rings is 1. The molecule has 0 radical (unpaired) electrons. The van der Waals surface area contributed by atoms with Crippen LogP contribution in [-0.4, -0.2) is 30.4 Å². The summed E-state index contributed by atoms with van der Waals surface area (Å²) in [4.78, 5) is 4.35. The summed E-state index contributed by atoms with van der Waals surface area (Å²) in [5.41, 5.74) is 1.25. The van der Waals surface area contributed by atoms with Gasteiger partial charge in [0.15, 0.2) is 0 Å². The van der Waals surface area contributed by atoms with Crippen LogP contribution in [0.5, 0.6) is 0 Å². The van der Waals surface area contributed by atoms with Crippen LogP contribution in [0, 0.1) is 5.82 Å². The maximum absolute atomic E-state index is 13.9. The van der Waals surface area contributed by atoms with Crippen molar-refractivity contribution in [3.8, 4) is 11.3 Å². The van der Waals surface area contributed by atoms with Gasteiger partial charge in [-0.3, -0.25) is 0 Å². The summed E-state index contributed by atoms with van der Waals surface area (Å²) in [6.07, 6.45) is 0.882. The Kier molecular flexibility index (Phi) is 4.29. The van der Waals surface area contributed by atoms with Crippen LogP contribution in [0.25, 0.3) is 22.4 Å². The van der Waals surface area contributed by atoms with E-state index in [1.165, 1.54) is 6.07 Å². The van der Waals surface area contributed by atoms with Crippen LogP contribution in [0.3, 0.4) is 0 Å². The first kappa shape index (κ1) is 14.5. The molecule has 6 heteroatoms. The van der Waals surface area contributed by atoms with E-state index in [0.29, 0.717) is 34.8 Å². The Balaban J connectivity index is 1.85. The maximum atomic E-state index is 13.9. The zero-order valence-corrected chi connectivity index (χ0v) is 12.2. The molecule has 0 saturated carbocycles. The fraction of sp³-hybridized carbons (Fsp3) is 0.250. The molecular formula is C16H16FN3O2. The molecule has 22 heavy (non-hydrogen) atoms. The van der Waals surface area contributed by atoms with Crippen molar-refractivity contribution in [1.82, 2.24) is 10.1 Å². The van der Waals surface area contributed by atoms with Crippen LogP contribution in [0.1, 0.15) is 6.42 Å². The molecule has 0 amide bonds. The first-order chi connectivity index (χ1) is 10.8. The molecule has 1 N–H and O–H groups in total. The van der Waals surface area contributed by atoms with Gasteiger partial charge in [-0.1, -0.05) is 17.3 Å². The molecule has 0 fully saturated rings. The van der Waals surface area contributed by atoms with Crippen LogP contribution in [-0.2, 0) is 4.74 Å². The van der Waals surface area contributed by atoms with Crippen molar-refractivity contribution in [1.29, 1.82) is 0 Å². The highest BCUT2D eigenvalue weighted by Gasteiger charge is 2.14. The van der Waals surface area contributed by atoms with E-state index in [1.807, 2.05) is 12.1 Å². The van der Waals surface area contributed by atoms with Crippen molar-refractivity contribution in [2.75, 3.05) is 25.6 Å². The predicted molar refractivity (Wildman–Crippen MR) is 82.2 cm³/mol. The first-order valence-corrected chi connectivity index (χ1v) is 7.04. The van der Waals surface area contributed by atoms with Crippen LogP contribution in [0.2, 0.25) is 0 Å². The van der Waals surface area contributed by atoms with Crippen LogP contribution < -0.4 is 5.32 Å². The molecule has 5 nitrogen and oxygen atoms in total. The highest BCUT2D eigenvalue weighted by molar-refractivity contribution is 5.90. The van der Waals surface area contributed by atoms with Gasteiger partial charge in [0.25, 0.3) is 5.71 Å². The second kappa shape index (κ2) is 6.53. The normalized spacial score (nSPS) is 11.0. The number of halogens is 1. The molecule has 0 aliphatic carbocycles. The zero-order chi connectivity index (χ0) is 15.4. The van der Waals surface area contributed by atoms with Crippen molar-refractivity contribution in [2.45, 2.75) is 6.42 Å². The van der Waals surface area contributed by atoms with Gasteiger partial charge in [0.1, 0.15) is 17.3 Å². The van der Waals surface area contributed by atoms with Gasteiger partial charge in [-0.05, 0) is 30.7 Å². The number of anilines is 1. The lowest BCUT2D eigenvalue weighted by molar-refractivity contribution is 0.198. The monoisotopic (exact) mass is 301 g/mol. The molecule has 2 heterocycles. The Bertz CT molecular complexity index is 773. The number of pyridine rings is 1. The third-order valence-corrected chi connectivity index (χ3v) is 3.30. The molecule has 0 bridgehead atoms. The van der Waals surface area contributed by atoms with Crippen molar-refractivity contribution >= 4 is 16.9 Å². The van der Waals surface area contributed by atoms with Gasteiger partial charge in [0, 0.05) is 25.8 Å². The molecule has 0 unspecified atom stereocenters. The minimum atomic E-state index is -0.334. The van der Waals surface area contributed by atoms with E-state index in [1.54, 1.807) is 25.3 Å². The lowest BCUT2D eigenvalue weighted by atomic mass is 10.1. The van der Waals surface area contributed by atoms with Crippen molar-refractivity contribution in [3.63, 3.8) is 0 Å². The van der Waals surface area contributed by atoms with Crippen molar-refractivity contribution in [3.05, 3.63) is 42.2 Å². The van der Waals surface area contributed by atoms with E-state index in [-0.39, 0.29) is 5.82 Å². The van der Waals surface area contributed by atoms with Crippen LogP contribution >= 0.6 is 0 Å². The Morgan fingerprint density at radius 2 is 2.09 bits per heavy atom. The number of nitrogens with one attached hydrogen (secondary N) is 1. The SMILES string of the molecule is COCCCNc1ccc2c(-c3ccccc3F)noc2n1. The first-order valence-electron chi connectivity index (χ1n) is 7.04. The van der Waals surface area contributed by atoms with Gasteiger partial charge in [0.05, 0.1) is 5.39 Å². The summed E-state index contributed by atoms with van der Waals surface area (Å²) in [6.45, 7) is 1.44. The fourth-order valence-electron chi connectivity index (χ4n) is 2.21. The number of fused-ring (bicyclic) bond motifs is 1. The van der Waals surface area contributed by atoms with E-state index in [4.69, 9.17) is 9.26 Å². The molecule has 0 atom stereocenters. The van der Waals surface area contributed by atoms with Crippen molar-refractivity contribution < 1.29 is 13.7 Å². The van der Waals surface area contributed by atoms with Gasteiger partial charge >= 0.3 is 0 Å². The Morgan fingerprint density at radius 3 is 2.91 bits per heavy atom. The Morgan fingerprint density at radius 1 is 1.23 bits per heavy atom. The van der Waals surface area contributed by atoms with Gasteiger partial charge in [-0.15, -0.1) is 0 Å². The molecule has 114 valence electrons. The number of aromatic nitrogens is 2. The average molecular weight is 301 g/mol. The second-order valence-electron chi connectivity index (χ2n) is 4.83. The van der Waals surface area contributed by atoms with Crippen LogP contribution in [0.15, 0.2) is 40.9 Å².